The van der Waals surface area contributed by atoms with Crippen LogP contribution in [0.2, 0.25) is 0 Å². The third-order valence-electron chi connectivity index (χ3n) is 7.34. The van der Waals surface area contributed by atoms with E-state index in [2.05, 4.69) is 36.9 Å². The Morgan fingerprint density at radius 1 is 1.12 bits per heavy atom. The van der Waals surface area contributed by atoms with Crippen LogP contribution in [0.1, 0.15) is 37.8 Å². The molecule has 1 aromatic carbocycles. The molecule has 0 unspecified atom stereocenters. The first-order valence-corrected chi connectivity index (χ1v) is 15.3. The van der Waals surface area contributed by atoms with Crippen molar-refractivity contribution >= 4 is 32.5 Å². The van der Waals surface area contributed by atoms with Crippen LogP contribution in [0.15, 0.2) is 18.2 Å². The number of likely N-dealkylation sites (N-methyl/N-ethyl adjacent to an activating group) is 1. The number of halogens is 1. The van der Waals surface area contributed by atoms with Crippen LogP contribution in [-0.4, -0.2) is 93.8 Å². The van der Waals surface area contributed by atoms with Crippen molar-refractivity contribution < 1.29 is 21.6 Å². The minimum absolute atomic E-state index is 0. The Kier molecular flexibility index (Phi) is 9.30. The van der Waals surface area contributed by atoms with Gasteiger partial charge >= 0.3 is 0 Å². The quantitative estimate of drug-likeness (QED) is 0.506. The molecule has 194 valence electrons. The molecule has 11 heteroatoms. The molecule has 3 heterocycles. The van der Waals surface area contributed by atoms with Crippen molar-refractivity contribution in [1.82, 2.24) is 13.5 Å². The van der Waals surface area contributed by atoms with Gasteiger partial charge in [-0.25, -0.2) is 8.42 Å². The van der Waals surface area contributed by atoms with E-state index in [0.717, 1.165) is 51.1 Å². The summed E-state index contributed by atoms with van der Waals surface area (Å²) < 4.78 is 57.7. The second-order valence-corrected chi connectivity index (χ2v) is 13.8. The fourth-order valence-corrected chi connectivity index (χ4v) is 8.28. The van der Waals surface area contributed by atoms with Crippen LogP contribution in [0, 0.1) is 5.92 Å². The lowest BCUT2D eigenvalue weighted by Gasteiger charge is -2.38. The summed E-state index contributed by atoms with van der Waals surface area (Å²) in [6, 6.07) is 6.95. The molecule has 0 aromatic heterocycles. The average Bonchev–Trinajstić information content (AvgIpc) is 3.25. The van der Waals surface area contributed by atoms with E-state index in [1.807, 2.05) is 0 Å². The zero-order valence-corrected chi connectivity index (χ0v) is 22.6. The molecule has 3 aliphatic rings. The molecule has 0 radical (unpaired) electrons. The van der Waals surface area contributed by atoms with E-state index >= 15 is 0 Å². The van der Waals surface area contributed by atoms with Gasteiger partial charge in [0.1, 0.15) is 5.75 Å². The van der Waals surface area contributed by atoms with Crippen molar-refractivity contribution in [2.45, 2.75) is 45.6 Å². The Morgan fingerprint density at radius 3 is 2.41 bits per heavy atom. The second kappa shape index (κ2) is 11.4. The number of ether oxygens (including phenoxy) is 1. The van der Waals surface area contributed by atoms with Gasteiger partial charge in [-0.15, -0.1) is 12.4 Å². The van der Waals surface area contributed by atoms with Crippen LogP contribution < -0.4 is 4.74 Å². The van der Waals surface area contributed by atoms with Crippen molar-refractivity contribution in [3.8, 4) is 5.75 Å². The molecule has 0 spiro atoms. The van der Waals surface area contributed by atoms with Gasteiger partial charge in [0.2, 0.25) is 0 Å². The minimum Gasteiger partial charge on any atom is -0.493 e. The van der Waals surface area contributed by atoms with E-state index in [-0.39, 0.29) is 37.0 Å². The van der Waals surface area contributed by atoms with Crippen molar-refractivity contribution in [1.29, 1.82) is 0 Å². The molecule has 3 aliphatic heterocycles. The number of hydrogen-bond donors (Lipinski definition) is 0. The lowest BCUT2D eigenvalue weighted by atomic mass is 9.96. The Balaban J connectivity index is 0.00000324. The summed E-state index contributed by atoms with van der Waals surface area (Å²) in [5.74, 6) is 1.33. The van der Waals surface area contributed by atoms with Crippen molar-refractivity contribution in [2.75, 3.05) is 57.4 Å². The van der Waals surface area contributed by atoms with E-state index in [9.17, 15) is 16.8 Å². The van der Waals surface area contributed by atoms with Gasteiger partial charge in [0.05, 0.1) is 18.1 Å². The van der Waals surface area contributed by atoms with E-state index in [4.69, 9.17) is 4.74 Å². The SMILES string of the molecule is CCN(CC1CCN(S(=O)(=O)N2CCS(=O)(=O)CC2)CC1)[C@@H](C)Cc1ccc2c(c1)CCO2.Cl. The Hall–Kier alpha value is -0.910. The number of piperidine rings is 1. The third kappa shape index (κ3) is 6.44. The highest BCUT2D eigenvalue weighted by Crippen LogP contribution is 2.28. The van der Waals surface area contributed by atoms with Gasteiger partial charge < -0.3 is 9.64 Å². The number of hydrogen-bond acceptors (Lipinski definition) is 6. The Bertz CT molecular complexity index is 1030. The van der Waals surface area contributed by atoms with Gasteiger partial charge in [0.15, 0.2) is 9.84 Å². The van der Waals surface area contributed by atoms with Crippen LogP contribution in [0.4, 0.5) is 0 Å². The van der Waals surface area contributed by atoms with Crippen molar-refractivity contribution in [2.24, 2.45) is 5.92 Å². The zero-order chi connectivity index (χ0) is 23.6. The molecule has 2 saturated heterocycles. The van der Waals surface area contributed by atoms with Gasteiger partial charge in [-0.2, -0.15) is 17.0 Å². The molecule has 0 bridgehead atoms. The molecule has 34 heavy (non-hydrogen) atoms. The highest BCUT2D eigenvalue weighted by molar-refractivity contribution is 7.91. The first kappa shape index (κ1) is 27.7. The number of nitrogens with zero attached hydrogens (tertiary/aromatic N) is 3. The smallest absolute Gasteiger partial charge is 0.282 e. The molecule has 0 N–H and O–H groups in total. The van der Waals surface area contributed by atoms with E-state index in [1.54, 1.807) is 4.31 Å². The van der Waals surface area contributed by atoms with Gasteiger partial charge in [-0.3, -0.25) is 0 Å². The maximum absolute atomic E-state index is 13.0. The van der Waals surface area contributed by atoms with Gasteiger partial charge in [0, 0.05) is 45.2 Å². The molecule has 2 fully saturated rings. The summed E-state index contributed by atoms with van der Waals surface area (Å²) in [6.45, 7) is 8.34. The fraction of sp³-hybridized carbons (Fsp3) is 0.739. The fourth-order valence-electron chi connectivity index (χ4n) is 5.20. The average molecular weight is 536 g/mol. The van der Waals surface area contributed by atoms with E-state index < -0.39 is 20.0 Å². The lowest BCUT2D eigenvalue weighted by Crippen LogP contribution is -2.52. The highest BCUT2D eigenvalue weighted by atomic mass is 35.5. The van der Waals surface area contributed by atoms with Crippen molar-refractivity contribution in [3.63, 3.8) is 0 Å². The van der Waals surface area contributed by atoms with Gasteiger partial charge in [0.25, 0.3) is 10.2 Å². The second-order valence-electron chi connectivity index (χ2n) is 9.58. The predicted molar refractivity (Wildman–Crippen MR) is 137 cm³/mol. The summed E-state index contributed by atoms with van der Waals surface area (Å²) in [5, 5.41) is 0. The lowest BCUT2D eigenvalue weighted by molar-refractivity contribution is 0.150. The normalized spacial score (nSPS) is 22.7. The topological polar surface area (TPSA) is 87.2 Å². The van der Waals surface area contributed by atoms with Crippen LogP contribution in [0.25, 0.3) is 0 Å². The first-order chi connectivity index (χ1) is 15.7. The number of sulfone groups is 1. The van der Waals surface area contributed by atoms with Gasteiger partial charge in [-0.1, -0.05) is 19.1 Å². The highest BCUT2D eigenvalue weighted by Gasteiger charge is 2.36. The number of fused-ring (bicyclic) bond motifs is 1. The molecular formula is C23H38ClN3O5S2. The van der Waals surface area contributed by atoms with Gasteiger partial charge in [-0.05, 0) is 55.8 Å². The summed E-state index contributed by atoms with van der Waals surface area (Å²) in [5.41, 5.74) is 2.65. The van der Waals surface area contributed by atoms with E-state index in [1.165, 1.54) is 15.4 Å². The van der Waals surface area contributed by atoms with Crippen LogP contribution >= 0.6 is 12.4 Å². The summed E-state index contributed by atoms with van der Waals surface area (Å²) in [6.07, 6.45) is 3.66. The monoisotopic (exact) mass is 535 g/mol. The standard InChI is InChI=1S/C23H37N3O5S2.ClH/c1-3-24(19(2)16-21-4-5-23-22(17-21)8-13-31-23)18-20-6-9-25(10-7-20)33(29,30)26-11-14-32(27,28)15-12-26;/h4-5,17,19-20H,3,6-16,18H2,1-2H3;1H/t19-;/m0./s1. The molecule has 0 aliphatic carbocycles. The molecule has 0 amide bonds. The molecular weight excluding hydrogens is 498 g/mol. The first-order valence-electron chi connectivity index (χ1n) is 12.1. The number of benzene rings is 1. The molecule has 1 atom stereocenters. The van der Waals surface area contributed by atoms with Crippen LogP contribution in [-0.2, 0) is 32.9 Å². The molecule has 8 nitrogen and oxygen atoms in total. The zero-order valence-electron chi connectivity index (χ0n) is 20.2. The molecule has 1 aromatic rings. The maximum Gasteiger partial charge on any atom is 0.282 e. The summed E-state index contributed by atoms with van der Waals surface area (Å²) >= 11 is 0. The van der Waals surface area contributed by atoms with Crippen LogP contribution in [0.5, 0.6) is 5.75 Å². The molecule has 4 rings (SSSR count). The summed E-state index contributed by atoms with van der Waals surface area (Å²) in [7, 11) is -6.68. The Morgan fingerprint density at radius 2 is 1.76 bits per heavy atom. The van der Waals surface area contributed by atoms with Crippen LogP contribution in [0.3, 0.4) is 0 Å². The number of rotatable bonds is 8. The minimum atomic E-state index is -3.58. The third-order valence-corrected chi connectivity index (χ3v) is 11.0. The molecule has 0 saturated carbocycles. The van der Waals surface area contributed by atoms with Crippen molar-refractivity contribution in [3.05, 3.63) is 29.3 Å². The largest absolute Gasteiger partial charge is 0.493 e. The Labute approximate surface area is 211 Å². The maximum atomic E-state index is 13.0. The summed E-state index contributed by atoms with van der Waals surface area (Å²) in [4.78, 5) is 2.51. The van der Waals surface area contributed by atoms with E-state index in [0.29, 0.717) is 25.0 Å². The predicted octanol–water partition coefficient (Wildman–Crippen LogP) is 1.98.